The van der Waals surface area contributed by atoms with E-state index in [-0.39, 0.29) is 29.7 Å². The lowest BCUT2D eigenvalue weighted by atomic mass is 9.93. The molecule has 0 aliphatic carbocycles. The average molecular weight is 385 g/mol. The normalized spacial score (nSPS) is 15.5. The fourth-order valence-corrected chi connectivity index (χ4v) is 3.19. The van der Waals surface area contributed by atoms with Crippen LogP contribution in [0.1, 0.15) is 45.9 Å². The van der Waals surface area contributed by atoms with Gasteiger partial charge >= 0.3 is 0 Å². The van der Waals surface area contributed by atoms with Crippen LogP contribution in [0.4, 0.5) is 0 Å². The van der Waals surface area contributed by atoms with Crippen LogP contribution in [-0.4, -0.2) is 51.0 Å². The van der Waals surface area contributed by atoms with E-state index in [9.17, 15) is 9.59 Å². The Hall–Kier alpha value is -2.77. The van der Waals surface area contributed by atoms with E-state index in [0.717, 1.165) is 18.4 Å². The molecule has 28 heavy (non-hydrogen) atoms. The number of nitrogens with one attached hydrogen (secondary N) is 1. The van der Waals surface area contributed by atoms with Crippen molar-refractivity contribution >= 4 is 11.8 Å². The summed E-state index contributed by atoms with van der Waals surface area (Å²) in [5, 5.41) is 6.98. The maximum Gasteiger partial charge on any atom is 0.227 e. The number of hydrogen-bond donors (Lipinski definition) is 1. The lowest BCUT2D eigenvalue weighted by Gasteiger charge is -2.36. The second kappa shape index (κ2) is 8.50. The number of aromatic nitrogens is 3. The number of likely N-dealkylation sites (tertiary alicyclic amines) is 1. The number of pyridine rings is 1. The molecular formula is C20H27N5O3. The van der Waals surface area contributed by atoms with Gasteiger partial charge in [0.1, 0.15) is 0 Å². The second-order valence-corrected chi connectivity index (χ2v) is 8.14. The van der Waals surface area contributed by atoms with Gasteiger partial charge in [0.15, 0.2) is 0 Å². The number of hydrogen-bond acceptors (Lipinski definition) is 6. The standard InChI is InChI=1S/C20H27N5O3/c1-20(2,3)19(27)25-11-8-15(9-12-25)22-16(26)6-7-17-23-18(24-28-17)14-5-4-10-21-13-14/h4-5,10,13,15H,6-9,11-12H2,1-3H3,(H,22,26). The lowest BCUT2D eigenvalue weighted by molar-refractivity contribution is -0.140. The molecule has 1 fully saturated rings. The van der Waals surface area contributed by atoms with Crippen molar-refractivity contribution in [1.29, 1.82) is 0 Å². The first-order valence-electron chi connectivity index (χ1n) is 9.64. The first-order valence-corrected chi connectivity index (χ1v) is 9.64. The molecule has 2 amide bonds. The van der Waals surface area contributed by atoms with Gasteiger partial charge in [0.2, 0.25) is 23.5 Å². The van der Waals surface area contributed by atoms with Gasteiger partial charge in [-0.1, -0.05) is 25.9 Å². The highest BCUT2D eigenvalue weighted by atomic mass is 16.5. The third-order valence-electron chi connectivity index (χ3n) is 4.74. The molecule has 2 aromatic heterocycles. The number of amides is 2. The Morgan fingerprint density at radius 2 is 2.04 bits per heavy atom. The smallest absolute Gasteiger partial charge is 0.227 e. The minimum Gasteiger partial charge on any atom is -0.353 e. The Kier molecular flexibility index (Phi) is 6.06. The molecule has 150 valence electrons. The van der Waals surface area contributed by atoms with Gasteiger partial charge in [-0.05, 0) is 25.0 Å². The summed E-state index contributed by atoms with van der Waals surface area (Å²) in [4.78, 5) is 34.8. The molecule has 3 rings (SSSR count). The van der Waals surface area contributed by atoms with Crippen LogP contribution in [-0.2, 0) is 16.0 Å². The molecule has 3 heterocycles. The fourth-order valence-electron chi connectivity index (χ4n) is 3.19. The zero-order valence-corrected chi connectivity index (χ0v) is 16.6. The van der Waals surface area contributed by atoms with Crippen LogP contribution < -0.4 is 5.32 Å². The molecule has 0 radical (unpaired) electrons. The Morgan fingerprint density at radius 1 is 1.29 bits per heavy atom. The minimum absolute atomic E-state index is 0.0401. The summed E-state index contributed by atoms with van der Waals surface area (Å²) < 4.78 is 5.22. The van der Waals surface area contributed by atoms with E-state index in [4.69, 9.17) is 4.52 Å². The van der Waals surface area contributed by atoms with Crippen molar-refractivity contribution in [2.45, 2.75) is 52.5 Å². The van der Waals surface area contributed by atoms with Gasteiger partial charge in [-0.2, -0.15) is 4.98 Å². The Bertz CT molecular complexity index is 805. The summed E-state index contributed by atoms with van der Waals surface area (Å²) in [7, 11) is 0. The molecule has 1 aliphatic heterocycles. The van der Waals surface area contributed by atoms with E-state index in [0.29, 0.717) is 31.2 Å². The largest absolute Gasteiger partial charge is 0.353 e. The van der Waals surface area contributed by atoms with Gasteiger partial charge in [-0.3, -0.25) is 14.6 Å². The molecule has 0 bridgehead atoms. The molecule has 2 aromatic rings. The van der Waals surface area contributed by atoms with E-state index >= 15 is 0 Å². The molecule has 1 aliphatic rings. The number of aryl methyl sites for hydroxylation is 1. The van der Waals surface area contributed by atoms with Crippen LogP contribution in [0.5, 0.6) is 0 Å². The lowest BCUT2D eigenvalue weighted by Crippen LogP contribution is -2.49. The maximum absolute atomic E-state index is 12.3. The van der Waals surface area contributed by atoms with Crippen LogP contribution in [0.15, 0.2) is 29.0 Å². The van der Waals surface area contributed by atoms with E-state index in [1.54, 1.807) is 18.5 Å². The predicted molar refractivity (Wildman–Crippen MR) is 103 cm³/mol. The third-order valence-corrected chi connectivity index (χ3v) is 4.74. The van der Waals surface area contributed by atoms with Crippen LogP contribution >= 0.6 is 0 Å². The Morgan fingerprint density at radius 3 is 2.68 bits per heavy atom. The number of rotatable bonds is 5. The molecule has 0 atom stereocenters. The van der Waals surface area contributed by atoms with Crippen LogP contribution in [0.3, 0.4) is 0 Å². The Labute approximate surface area is 164 Å². The van der Waals surface area contributed by atoms with Gasteiger partial charge in [-0.15, -0.1) is 0 Å². The summed E-state index contributed by atoms with van der Waals surface area (Å²) in [6.07, 6.45) is 5.57. The van der Waals surface area contributed by atoms with Gasteiger partial charge in [-0.25, -0.2) is 0 Å². The van der Waals surface area contributed by atoms with Crippen LogP contribution in [0, 0.1) is 5.41 Å². The molecule has 0 aromatic carbocycles. The van der Waals surface area contributed by atoms with Crippen molar-refractivity contribution < 1.29 is 14.1 Å². The van der Waals surface area contributed by atoms with Crippen molar-refractivity contribution in [3.05, 3.63) is 30.4 Å². The van der Waals surface area contributed by atoms with Gasteiger partial charge in [0.05, 0.1) is 0 Å². The molecule has 0 unspecified atom stereocenters. The molecule has 1 N–H and O–H groups in total. The monoisotopic (exact) mass is 385 g/mol. The first kappa shape index (κ1) is 20.0. The highest BCUT2D eigenvalue weighted by molar-refractivity contribution is 5.81. The first-order chi connectivity index (χ1) is 13.3. The summed E-state index contributed by atoms with van der Waals surface area (Å²) in [5.74, 6) is 1.03. The highest BCUT2D eigenvalue weighted by Crippen LogP contribution is 2.21. The summed E-state index contributed by atoms with van der Waals surface area (Å²) in [6.45, 7) is 7.15. The minimum atomic E-state index is -0.366. The summed E-state index contributed by atoms with van der Waals surface area (Å²) in [6, 6.07) is 3.76. The molecule has 1 saturated heterocycles. The zero-order valence-electron chi connectivity index (χ0n) is 16.6. The van der Waals surface area contributed by atoms with E-state index in [1.165, 1.54) is 0 Å². The average Bonchev–Trinajstić information content (AvgIpc) is 3.15. The van der Waals surface area contributed by atoms with E-state index in [1.807, 2.05) is 31.7 Å². The zero-order chi connectivity index (χ0) is 20.1. The number of carbonyl (C=O) groups is 2. The number of piperidine rings is 1. The van der Waals surface area contributed by atoms with Crippen molar-refractivity contribution in [2.24, 2.45) is 5.41 Å². The fraction of sp³-hybridized carbons (Fsp3) is 0.550. The number of carbonyl (C=O) groups excluding carboxylic acids is 2. The molecule has 0 saturated carbocycles. The third kappa shape index (κ3) is 5.15. The highest BCUT2D eigenvalue weighted by Gasteiger charge is 2.30. The molecule has 0 spiro atoms. The van der Waals surface area contributed by atoms with Gasteiger partial charge in [0, 0.05) is 55.3 Å². The van der Waals surface area contributed by atoms with Gasteiger partial charge in [0.25, 0.3) is 0 Å². The molecular weight excluding hydrogens is 358 g/mol. The van der Waals surface area contributed by atoms with Crippen molar-refractivity contribution in [3.63, 3.8) is 0 Å². The van der Waals surface area contributed by atoms with Crippen molar-refractivity contribution in [3.8, 4) is 11.4 Å². The van der Waals surface area contributed by atoms with Gasteiger partial charge < -0.3 is 14.7 Å². The number of nitrogens with zero attached hydrogens (tertiary/aromatic N) is 4. The quantitative estimate of drug-likeness (QED) is 0.847. The Balaban J connectivity index is 1.42. The van der Waals surface area contributed by atoms with Crippen molar-refractivity contribution in [2.75, 3.05) is 13.1 Å². The van der Waals surface area contributed by atoms with Crippen molar-refractivity contribution in [1.82, 2.24) is 25.3 Å². The van der Waals surface area contributed by atoms with E-state index < -0.39 is 0 Å². The molecule has 8 heteroatoms. The van der Waals surface area contributed by atoms with Crippen LogP contribution in [0.25, 0.3) is 11.4 Å². The SMILES string of the molecule is CC(C)(C)C(=O)N1CCC(NC(=O)CCc2nc(-c3cccnc3)no2)CC1. The summed E-state index contributed by atoms with van der Waals surface area (Å²) >= 11 is 0. The van der Waals surface area contributed by atoms with E-state index in [2.05, 4.69) is 20.4 Å². The topological polar surface area (TPSA) is 101 Å². The second-order valence-electron chi connectivity index (χ2n) is 8.14. The molecule has 8 nitrogen and oxygen atoms in total. The predicted octanol–water partition coefficient (Wildman–Crippen LogP) is 2.22. The maximum atomic E-state index is 12.3. The summed E-state index contributed by atoms with van der Waals surface area (Å²) in [5.41, 5.74) is 0.410. The van der Waals surface area contributed by atoms with Crippen LogP contribution in [0.2, 0.25) is 0 Å².